The predicted octanol–water partition coefficient (Wildman–Crippen LogP) is 2.86. The fourth-order valence-electron chi connectivity index (χ4n) is 0.880. The number of hydrogen-bond donors (Lipinski definition) is 0. The highest BCUT2D eigenvalue weighted by molar-refractivity contribution is 5.72. The van der Waals surface area contributed by atoms with Gasteiger partial charge in [-0.15, -0.1) is 0 Å². The summed E-state index contributed by atoms with van der Waals surface area (Å²) in [5.74, 6) is -0.299. The van der Waals surface area contributed by atoms with Crippen LogP contribution in [-0.2, 0) is 9.53 Å². The van der Waals surface area contributed by atoms with Crippen molar-refractivity contribution >= 4 is 12.0 Å². The molecule has 0 amide bonds. The van der Waals surface area contributed by atoms with Gasteiger partial charge >= 0.3 is 5.97 Å². The van der Waals surface area contributed by atoms with Crippen LogP contribution in [0.3, 0.4) is 0 Å². The second-order valence-electron chi connectivity index (χ2n) is 3.31. The molecule has 1 rings (SSSR count). The fourth-order valence-corrected chi connectivity index (χ4v) is 0.880. The molecule has 0 saturated heterocycles. The van der Waals surface area contributed by atoms with Crippen molar-refractivity contribution in [1.82, 2.24) is 0 Å². The summed E-state index contributed by atoms with van der Waals surface area (Å²) in [5.41, 5.74) is 1.02. The molecule has 0 atom stereocenters. The normalized spacial score (nSPS) is 10.8. The van der Waals surface area contributed by atoms with Crippen LogP contribution in [0, 0.1) is 5.92 Å². The van der Waals surface area contributed by atoms with Gasteiger partial charge in [-0.1, -0.05) is 44.2 Å². The number of benzene rings is 1. The van der Waals surface area contributed by atoms with Crippen molar-refractivity contribution in [2.75, 3.05) is 0 Å². The van der Waals surface area contributed by atoms with Crippen molar-refractivity contribution in [1.29, 1.82) is 0 Å². The van der Waals surface area contributed by atoms with E-state index in [0.717, 1.165) is 5.56 Å². The number of esters is 1. The van der Waals surface area contributed by atoms with Crippen molar-refractivity contribution in [2.24, 2.45) is 5.92 Å². The third kappa shape index (κ3) is 3.44. The van der Waals surface area contributed by atoms with Crippen molar-refractivity contribution in [3.63, 3.8) is 0 Å². The van der Waals surface area contributed by atoms with Crippen LogP contribution >= 0.6 is 0 Å². The summed E-state index contributed by atoms with van der Waals surface area (Å²) in [6.45, 7) is 3.61. The maximum atomic E-state index is 11.1. The smallest absolute Gasteiger partial charge is 0.313 e. The Hall–Kier alpha value is -1.57. The van der Waals surface area contributed by atoms with Gasteiger partial charge in [0.2, 0.25) is 0 Å². The Kier molecular flexibility index (Phi) is 3.92. The average Bonchev–Trinajstić information content (AvgIpc) is 2.19. The quantitative estimate of drug-likeness (QED) is 0.541. The summed E-state index contributed by atoms with van der Waals surface area (Å²) in [6.07, 6.45) is 3.19. The third-order valence-electron chi connectivity index (χ3n) is 1.72. The lowest BCUT2D eigenvalue weighted by Gasteiger charge is -2.00. The topological polar surface area (TPSA) is 26.3 Å². The Morgan fingerprint density at radius 1 is 1.29 bits per heavy atom. The molecule has 0 bridgehead atoms. The van der Waals surface area contributed by atoms with E-state index in [2.05, 4.69) is 0 Å². The molecule has 2 nitrogen and oxygen atoms in total. The SMILES string of the molecule is CC(C)C(=O)O/C=C/c1ccccc1. The van der Waals surface area contributed by atoms with E-state index in [1.807, 2.05) is 30.3 Å². The van der Waals surface area contributed by atoms with Crippen LogP contribution in [0.2, 0.25) is 0 Å². The van der Waals surface area contributed by atoms with Gasteiger partial charge in [-0.3, -0.25) is 4.79 Å². The summed E-state index contributed by atoms with van der Waals surface area (Å²) in [7, 11) is 0. The van der Waals surface area contributed by atoms with E-state index in [-0.39, 0.29) is 11.9 Å². The lowest BCUT2D eigenvalue weighted by molar-refractivity contribution is -0.141. The zero-order chi connectivity index (χ0) is 10.4. The summed E-state index contributed by atoms with van der Waals surface area (Å²) < 4.78 is 4.89. The molecule has 0 saturated carbocycles. The van der Waals surface area contributed by atoms with Gasteiger partial charge in [-0.2, -0.15) is 0 Å². The van der Waals surface area contributed by atoms with E-state index in [9.17, 15) is 4.79 Å². The first kappa shape index (κ1) is 10.5. The first-order chi connectivity index (χ1) is 6.70. The van der Waals surface area contributed by atoms with E-state index in [1.165, 1.54) is 6.26 Å². The maximum Gasteiger partial charge on any atom is 0.313 e. The molecule has 0 N–H and O–H groups in total. The first-order valence-electron chi connectivity index (χ1n) is 4.62. The fraction of sp³-hybridized carbons (Fsp3) is 0.250. The van der Waals surface area contributed by atoms with Crippen LogP contribution in [0.5, 0.6) is 0 Å². The monoisotopic (exact) mass is 190 g/mol. The van der Waals surface area contributed by atoms with E-state index < -0.39 is 0 Å². The lowest BCUT2D eigenvalue weighted by Crippen LogP contribution is -2.07. The molecule has 0 radical (unpaired) electrons. The Bertz CT molecular complexity index is 312. The number of hydrogen-bond acceptors (Lipinski definition) is 2. The molecule has 0 aliphatic rings. The molecule has 1 aromatic carbocycles. The molecule has 0 fully saturated rings. The molecule has 0 aliphatic carbocycles. The summed E-state index contributed by atoms with van der Waals surface area (Å²) in [5, 5.41) is 0. The van der Waals surface area contributed by atoms with Gasteiger partial charge in [0.1, 0.15) is 0 Å². The Morgan fingerprint density at radius 3 is 2.50 bits per heavy atom. The van der Waals surface area contributed by atoms with Gasteiger partial charge in [-0.25, -0.2) is 0 Å². The van der Waals surface area contributed by atoms with E-state index >= 15 is 0 Å². The average molecular weight is 190 g/mol. The van der Waals surface area contributed by atoms with Gasteiger partial charge in [-0.05, 0) is 11.6 Å². The molecular weight excluding hydrogens is 176 g/mol. The standard InChI is InChI=1S/C12H14O2/c1-10(2)12(13)14-9-8-11-6-4-3-5-7-11/h3-10H,1-2H3/b9-8+. The zero-order valence-corrected chi connectivity index (χ0v) is 8.44. The summed E-state index contributed by atoms with van der Waals surface area (Å²) in [4.78, 5) is 11.1. The van der Waals surface area contributed by atoms with Gasteiger partial charge < -0.3 is 4.74 Å². The van der Waals surface area contributed by atoms with Gasteiger partial charge in [0.15, 0.2) is 0 Å². The van der Waals surface area contributed by atoms with Crippen LogP contribution in [0.25, 0.3) is 6.08 Å². The van der Waals surface area contributed by atoms with Crippen molar-refractivity contribution in [3.8, 4) is 0 Å². The van der Waals surface area contributed by atoms with E-state index in [4.69, 9.17) is 4.74 Å². The van der Waals surface area contributed by atoms with Crippen molar-refractivity contribution in [2.45, 2.75) is 13.8 Å². The molecule has 1 aromatic rings. The van der Waals surface area contributed by atoms with Crippen molar-refractivity contribution < 1.29 is 9.53 Å². The number of carbonyl (C=O) groups excluding carboxylic acids is 1. The molecule has 0 spiro atoms. The molecule has 14 heavy (non-hydrogen) atoms. The van der Waals surface area contributed by atoms with Crippen LogP contribution in [0.1, 0.15) is 19.4 Å². The highest BCUT2D eigenvalue weighted by Gasteiger charge is 2.05. The lowest BCUT2D eigenvalue weighted by atomic mass is 10.2. The highest BCUT2D eigenvalue weighted by atomic mass is 16.5. The van der Waals surface area contributed by atoms with Crippen LogP contribution in [-0.4, -0.2) is 5.97 Å². The minimum absolute atomic E-state index is 0.0876. The minimum atomic E-state index is -0.211. The van der Waals surface area contributed by atoms with Crippen LogP contribution in [0.4, 0.5) is 0 Å². The third-order valence-corrected chi connectivity index (χ3v) is 1.72. The number of rotatable bonds is 3. The largest absolute Gasteiger partial charge is 0.434 e. The first-order valence-corrected chi connectivity index (χ1v) is 4.62. The Labute approximate surface area is 84.2 Å². The van der Waals surface area contributed by atoms with Crippen LogP contribution in [0.15, 0.2) is 36.6 Å². The molecule has 0 unspecified atom stereocenters. The van der Waals surface area contributed by atoms with E-state index in [1.54, 1.807) is 19.9 Å². The zero-order valence-electron chi connectivity index (χ0n) is 8.44. The predicted molar refractivity (Wildman–Crippen MR) is 56.4 cm³/mol. The number of carbonyl (C=O) groups is 1. The van der Waals surface area contributed by atoms with Gasteiger partial charge in [0.05, 0.1) is 12.2 Å². The Balaban J connectivity index is 2.46. The molecule has 74 valence electrons. The Morgan fingerprint density at radius 2 is 1.93 bits per heavy atom. The van der Waals surface area contributed by atoms with E-state index in [0.29, 0.717) is 0 Å². The molecule has 0 heterocycles. The minimum Gasteiger partial charge on any atom is -0.434 e. The highest BCUT2D eigenvalue weighted by Crippen LogP contribution is 2.02. The van der Waals surface area contributed by atoms with Gasteiger partial charge in [0, 0.05) is 0 Å². The summed E-state index contributed by atoms with van der Waals surface area (Å²) in [6, 6.07) is 9.70. The second-order valence-corrected chi connectivity index (χ2v) is 3.31. The van der Waals surface area contributed by atoms with Crippen LogP contribution < -0.4 is 0 Å². The molecular formula is C12H14O2. The second kappa shape index (κ2) is 5.22. The number of ether oxygens (including phenoxy) is 1. The summed E-state index contributed by atoms with van der Waals surface area (Å²) >= 11 is 0. The maximum absolute atomic E-state index is 11.1. The molecule has 0 aromatic heterocycles. The van der Waals surface area contributed by atoms with Gasteiger partial charge in [0.25, 0.3) is 0 Å². The molecule has 2 heteroatoms. The molecule has 0 aliphatic heterocycles. The van der Waals surface area contributed by atoms with Crippen molar-refractivity contribution in [3.05, 3.63) is 42.2 Å².